The largest absolute Gasteiger partial charge is 0.476 e. The highest BCUT2D eigenvalue weighted by Gasteiger charge is 2.21. The number of thioether (sulfide) groups is 1. The van der Waals surface area contributed by atoms with Crippen molar-refractivity contribution in [3.05, 3.63) is 45.7 Å². The van der Waals surface area contributed by atoms with Crippen LogP contribution in [0.25, 0.3) is 0 Å². The van der Waals surface area contributed by atoms with Crippen molar-refractivity contribution >= 4 is 34.9 Å². The lowest BCUT2D eigenvalue weighted by Gasteiger charge is -2.05. The van der Waals surface area contributed by atoms with Crippen LogP contribution in [0.3, 0.4) is 0 Å². The number of aromatic carboxylic acids is 1. The van der Waals surface area contributed by atoms with E-state index in [2.05, 4.69) is 9.97 Å². The quantitative estimate of drug-likeness (QED) is 0.826. The van der Waals surface area contributed by atoms with E-state index in [0.717, 1.165) is 5.75 Å². The topological polar surface area (TPSA) is 80.2 Å². The van der Waals surface area contributed by atoms with Gasteiger partial charge < -0.3 is 5.11 Å². The number of nitrogens with zero attached hydrogens (tertiary/aromatic N) is 2. The van der Waals surface area contributed by atoms with Gasteiger partial charge in [-0.1, -0.05) is 13.0 Å². The van der Waals surface area contributed by atoms with Gasteiger partial charge in [-0.25, -0.2) is 14.8 Å². The Labute approximate surface area is 124 Å². The Bertz CT molecular complexity index is 627. The molecule has 2 rings (SSSR count). The normalized spacial score (nSPS) is 10.4. The third-order valence-electron chi connectivity index (χ3n) is 2.47. The van der Waals surface area contributed by atoms with E-state index in [-0.39, 0.29) is 17.0 Å². The minimum Gasteiger partial charge on any atom is -0.476 e. The molecule has 0 aliphatic carbocycles. The maximum absolute atomic E-state index is 12.2. The summed E-state index contributed by atoms with van der Waals surface area (Å²) in [7, 11) is 0. The van der Waals surface area contributed by atoms with Crippen LogP contribution in [0.15, 0.2) is 23.7 Å². The van der Waals surface area contributed by atoms with Crippen LogP contribution < -0.4 is 0 Å². The third kappa shape index (κ3) is 3.23. The number of hydrogen-bond acceptors (Lipinski definition) is 6. The minimum atomic E-state index is -1.21. The zero-order valence-corrected chi connectivity index (χ0v) is 12.3. The minimum absolute atomic E-state index is 0.0326. The summed E-state index contributed by atoms with van der Waals surface area (Å²) in [6, 6.07) is 3.39. The number of carboxylic acid groups (broad SMARTS) is 1. The first-order chi connectivity index (χ1) is 9.63. The van der Waals surface area contributed by atoms with Gasteiger partial charge in [-0.3, -0.25) is 4.79 Å². The second-order valence-corrected chi connectivity index (χ2v) is 6.02. The third-order valence-corrected chi connectivity index (χ3v) is 4.21. The van der Waals surface area contributed by atoms with Gasteiger partial charge in [0.1, 0.15) is 5.82 Å². The van der Waals surface area contributed by atoms with Gasteiger partial charge in [0, 0.05) is 6.20 Å². The first-order valence-corrected chi connectivity index (χ1v) is 7.92. The van der Waals surface area contributed by atoms with Crippen molar-refractivity contribution in [3.8, 4) is 0 Å². The fourth-order valence-electron chi connectivity index (χ4n) is 1.55. The van der Waals surface area contributed by atoms with Crippen molar-refractivity contribution in [1.82, 2.24) is 9.97 Å². The zero-order chi connectivity index (χ0) is 14.5. The molecular weight excluding hydrogens is 296 g/mol. The first kappa shape index (κ1) is 14.7. The molecule has 20 heavy (non-hydrogen) atoms. The zero-order valence-electron chi connectivity index (χ0n) is 10.7. The number of hydrogen-bond donors (Lipinski definition) is 1. The molecule has 0 aliphatic rings. The van der Waals surface area contributed by atoms with Gasteiger partial charge in [0.05, 0.1) is 16.2 Å². The molecule has 0 spiro atoms. The molecule has 104 valence electrons. The lowest BCUT2D eigenvalue weighted by molar-refractivity contribution is 0.0685. The Kier molecular flexibility index (Phi) is 4.86. The molecule has 0 unspecified atom stereocenters. The highest BCUT2D eigenvalue weighted by Crippen LogP contribution is 2.18. The monoisotopic (exact) mass is 308 g/mol. The summed E-state index contributed by atoms with van der Waals surface area (Å²) in [5.41, 5.74) is -0.199. The summed E-state index contributed by atoms with van der Waals surface area (Å²) in [5, 5.41) is 11.0. The maximum Gasteiger partial charge on any atom is 0.355 e. The summed E-state index contributed by atoms with van der Waals surface area (Å²) in [5.74, 6) is 0.283. The summed E-state index contributed by atoms with van der Waals surface area (Å²) in [6.45, 7) is 2.00. The van der Waals surface area contributed by atoms with Crippen LogP contribution in [-0.4, -0.2) is 32.6 Å². The van der Waals surface area contributed by atoms with E-state index in [0.29, 0.717) is 16.5 Å². The molecule has 2 heterocycles. The summed E-state index contributed by atoms with van der Waals surface area (Å²) >= 11 is 2.86. The van der Waals surface area contributed by atoms with Crippen LogP contribution in [-0.2, 0) is 5.75 Å². The van der Waals surface area contributed by atoms with Gasteiger partial charge in [-0.2, -0.15) is 11.8 Å². The van der Waals surface area contributed by atoms with Gasteiger partial charge in [0.15, 0.2) is 5.69 Å². The fraction of sp³-hybridized carbons (Fsp3) is 0.231. The van der Waals surface area contributed by atoms with Crippen LogP contribution in [0.4, 0.5) is 0 Å². The molecule has 0 fully saturated rings. The smallest absolute Gasteiger partial charge is 0.355 e. The van der Waals surface area contributed by atoms with E-state index < -0.39 is 5.97 Å². The van der Waals surface area contributed by atoms with Crippen molar-refractivity contribution in [3.63, 3.8) is 0 Å². The second kappa shape index (κ2) is 6.62. The Morgan fingerprint density at radius 2 is 2.25 bits per heavy atom. The molecule has 2 aromatic heterocycles. The molecule has 2 aromatic rings. The molecule has 5 nitrogen and oxygen atoms in total. The standard InChI is InChI=1S/C13H12N2O3S2/c1-2-19-7-10-14-6-8(11(15-10)13(17)18)12(16)9-4-3-5-20-9/h3-6H,2,7H2,1H3,(H,17,18). The lowest BCUT2D eigenvalue weighted by atomic mass is 10.1. The van der Waals surface area contributed by atoms with Gasteiger partial charge in [-0.15, -0.1) is 11.3 Å². The average Bonchev–Trinajstić information content (AvgIpc) is 2.98. The molecule has 0 amide bonds. The van der Waals surface area contributed by atoms with Crippen molar-refractivity contribution < 1.29 is 14.7 Å². The number of thiophene rings is 1. The Hall–Kier alpha value is -1.73. The molecule has 7 heteroatoms. The van der Waals surface area contributed by atoms with Gasteiger partial charge in [0.25, 0.3) is 0 Å². The van der Waals surface area contributed by atoms with Crippen LogP contribution in [0.2, 0.25) is 0 Å². The molecule has 0 atom stereocenters. The predicted octanol–water partition coefficient (Wildman–Crippen LogP) is 2.72. The van der Waals surface area contributed by atoms with E-state index >= 15 is 0 Å². The summed E-state index contributed by atoms with van der Waals surface area (Å²) < 4.78 is 0. The number of carbonyl (C=O) groups excluding carboxylic acids is 1. The van der Waals surface area contributed by atoms with E-state index in [1.165, 1.54) is 17.5 Å². The van der Waals surface area contributed by atoms with Crippen LogP contribution in [0, 0.1) is 0 Å². The van der Waals surface area contributed by atoms with Gasteiger partial charge in [0.2, 0.25) is 5.78 Å². The predicted molar refractivity (Wildman–Crippen MR) is 78.6 cm³/mol. The average molecular weight is 308 g/mol. The Morgan fingerprint density at radius 3 is 2.85 bits per heavy atom. The van der Waals surface area contributed by atoms with Crippen molar-refractivity contribution in [2.75, 3.05) is 5.75 Å². The number of carboxylic acids is 1. The van der Waals surface area contributed by atoms with Crippen LogP contribution in [0.1, 0.15) is 38.5 Å². The SMILES string of the molecule is CCSCc1ncc(C(=O)c2cccs2)c(C(=O)O)n1. The summed E-state index contributed by atoms with van der Waals surface area (Å²) in [4.78, 5) is 32.0. The fourth-order valence-corrected chi connectivity index (χ4v) is 2.75. The molecule has 0 aromatic carbocycles. The van der Waals surface area contributed by atoms with Crippen LogP contribution in [0.5, 0.6) is 0 Å². The number of ketones is 1. The van der Waals surface area contributed by atoms with Crippen molar-refractivity contribution in [1.29, 1.82) is 0 Å². The van der Waals surface area contributed by atoms with Gasteiger partial charge >= 0.3 is 5.97 Å². The maximum atomic E-state index is 12.2. The molecule has 0 bridgehead atoms. The number of carbonyl (C=O) groups is 2. The second-order valence-electron chi connectivity index (χ2n) is 3.80. The van der Waals surface area contributed by atoms with E-state index in [1.54, 1.807) is 29.3 Å². The molecule has 0 radical (unpaired) electrons. The first-order valence-electron chi connectivity index (χ1n) is 5.88. The lowest BCUT2D eigenvalue weighted by Crippen LogP contribution is -2.14. The summed E-state index contributed by atoms with van der Waals surface area (Å²) in [6.07, 6.45) is 1.31. The molecule has 0 saturated carbocycles. The molecule has 0 saturated heterocycles. The van der Waals surface area contributed by atoms with E-state index in [1.807, 2.05) is 6.92 Å². The Balaban J connectivity index is 2.37. The Morgan fingerprint density at radius 1 is 1.45 bits per heavy atom. The molecule has 1 N–H and O–H groups in total. The van der Waals surface area contributed by atoms with Gasteiger partial charge in [-0.05, 0) is 17.2 Å². The number of rotatable bonds is 6. The van der Waals surface area contributed by atoms with Crippen molar-refractivity contribution in [2.45, 2.75) is 12.7 Å². The highest BCUT2D eigenvalue weighted by atomic mass is 32.2. The number of aromatic nitrogens is 2. The van der Waals surface area contributed by atoms with E-state index in [9.17, 15) is 14.7 Å². The van der Waals surface area contributed by atoms with E-state index in [4.69, 9.17) is 0 Å². The van der Waals surface area contributed by atoms with Crippen LogP contribution >= 0.6 is 23.1 Å². The molecular formula is C13H12N2O3S2. The van der Waals surface area contributed by atoms with Crippen molar-refractivity contribution in [2.24, 2.45) is 0 Å². The highest BCUT2D eigenvalue weighted by molar-refractivity contribution is 7.98. The molecule has 0 aliphatic heterocycles.